The van der Waals surface area contributed by atoms with Crippen LogP contribution in [0.3, 0.4) is 0 Å². The second kappa shape index (κ2) is 7.43. The van der Waals surface area contributed by atoms with E-state index in [9.17, 15) is 14.0 Å². The van der Waals surface area contributed by atoms with Crippen LogP contribution < -0.4 is 10.2 Å². The number of fused-ring (bicyclic) bond motifs is 2. The molecule has 5 nitrogen and oxygen atoms in total. The predicted molar refractivity (Wildman–Crippen MR) is 112 cm³/mol. The molecule has 2 amide bonds. The van der Waals surface area contributed by atoms with E-state index in [0.717, 1.165) is 41.8 Å². The zero-order valence-corrected chi connectivity index (χ0v) is 16.9. The van der Waals surface area contributed by atoms with Gasteiger partial charge in [0.2, 0.25) is 11.8 Å². The monoisotopic (exact) mass is 393 g/mol. The van der Waals surface area contributed by atoms with Crippen LogP contribution in [0.1, 0.15) is 36.0 Å². The number of amides is 2. The average Bonchev–Trinajstić information content (AvgIpc) is 3.10. The maximum absolute atomic E-state index is 13.5. The highest BCUT2D eigenvalue weighted by molar-refractivity contribution is 6.16. The van der Waals surface area contributed by atoms with E-state index in [4.69, 9.17) is 4.99 Å². The highest BCUT2D eigenvalue weighted by Crippen LogP contribution is 2.39. The van der Waals surface area contributed by atoms with Gasteiger partial charge >= 0.3 is 0 Å². The smallest absolute Gasteiger partial charge is 0.244 e. The van der Waals surface area contributed by atoms with Crippen molar-refractivity contribution < 1.29 is 14.0 Å². The molecule has 2 aliphatic rings. The van der Waals surface area contributed by atoms with Crippen LogP contribution in [0.15, 0.2) is 35.3 Å². The summed E-state index contributed by atoms with van der Waals surface area (Å²) in [5.41, 5.74) is 5.43. The molecule has 1 aliphatic carbocycles. The second-order valence-corrected chi connectivity index (χ2v) is 7.91. The third-order valence-corrected chi connectivity index (χ3v) is 5.78. The van der Waals surface area contributed by atoms with Crippen molar-refractivity contribution in [2.24, 2.45) is 10.9 Å². The van der Waals surface area contributed by atoms with Gasteiger partial charge in [-0.15, -0.1) is 0 Å². The normalized spacial score (nSPS) is 18.1. The molecule has 0 radical (unpaired) electrons. The fraction of sp³-hybridized carbons (Fsp3) is 0.348. The summed E-state index contributed by atoms with van der Waals surface area (Å²) in [6, 6.07) is 8.34. The Hall–Kier alpha value is -3.02. The van der Waals surface area contributed by atoms with Gasteiger partial charge in [-0.25, -0.2) is 4.39 Å². The largest absolute Gasteiger partial charge is 0.325 e. The van der Waals surface area contributed by atoms with Crippen molar-refractivity contribution >= 4 is 34.6 Å². The predicted octanol–water partition coefficient (Wildman–Crippen LogP) is 4.61. The maximum atomic E-state index is 13.5. The van der Waals surface area contributed by atoms with Gasteiger partial charge in [-0.3, -0.25) is 14.6 Å². The first-order valence-corrected chi connectivity index (χ1v) is 9.89. The molecule has 2 aromatic carbocycles. The number of carbonyl (C=O) groups excluding carboxylic acids is 2. The van der Waals surface area contributed by atoms with E-state index in [1.54, 1.807) is 17.9 Å². The number of hydrogen-bond donors (Lipinski definition) is 1. The molecule has 6 heteroatoms. The summed E-state index contributed by atoms with van der Waals surface area (Å²) in [5.74, 6) is -0.982. The van der Waals surface area contributed by atoms with E-state index in [-0.39, 0.29) is 30.1 Å². The molecule has 0 aromatic heterocycles. The average molecular weight is 393 g/mol. The first-order valence-electron chi connectivity index (χ1n) is 9.89. The minimum Gasteiger partial charge on any atom is -0.325 e. The highest BCUT2D eigenvalue weighted by atomic mass is 19.1. The maximum Gasteiger partial charge on any atom is 0.244 e. The molecule has 1 N–H and O–H groups in total. The van der Waals surface area contributed by atoms with E-state index < -0.39 is 0 Å². The summed E-state index contributed by atoms with van der Waals surface area (Å²) < 4.78 is 13.5. The van der Waals surface area contributed by atoms with E-state index in [1.165, 1.54) is 12.1 Å². The molecule has 0 saturated heterocycles. The number of hydrogen-bond acceptors (Lipinski definition) is 3. The number of nitrogens with one attached hydrogen (secondary N) is 1. The van der Waals surface area contributed by atoms with Gasteiger partial charge in [0.1, 0.15) is 12.4 Å². The summed E-state index contributed by atoms with van der Waals surface area (Å²) in [6.07, 6.45) is 2.51. The third kappa shape index (κ3) is 3.67. The summed E-state index contributed by atoms with van der Waals surface area (Å²) in [7, 11) is 0. The van der Waals surface area contributed by atoms with E-state index in [1.807, 2.05) is 26.0 Å². The van der Waals surface area contributed by atoms with Gasteiger partial charge in [-0.1, -0.05) is 0 Å². The van der Waals surface area contributed by atoms with Crippen molar-refractivity contribution in [3.63, 3.8) is 0 Å². The second-order valence-electron chi connectivity index (χ2n) is 7.91. The van der Waals surface area contributed by atoms with Gasteiger partial charge in [0, 0.05) is 11.4 Å². The Morgan fingerprint density at radius 2 is 1.93 bits per heavy atom. The van der Waals surface area contributed by atoms with Crippen molar-refractivity contribution in [3.05, 3.63) is 52.8 Å². The fourth-order valence-electron chi connectivity index (χ4n) is 4.01. The van der Waals surface area contributed by atoms with Crippen LogP contribution in [0, 0.1) is 32.5 Å². The van der Waals surface area contributed by atoms with E-state index in [0.29, 0.717) is 16.9 Å². The summed E-state index contributed by atoms with van der Waals surface area (Å²) >= 11 is 0. The quantitative estimate of drug-likeness (QED) is 0.828. The molecule has 1 atom stereocenters. The topological polar surface area (TPSA) is 61.8 Å². The lowest BCUT2D eigenvalue weighted by Gasteiger charge is -2.25. The van der Waals surface area contributed by atoms with Crippen LogP contribution in [-0.2, 0) is 9.59 Å². The standard InChI is InChI=1S/C23H24FN3O2/c1-13-10-20-21(11-14(13)2)27(23(29)17-5-4-6-19(17)26-20)12-22(28)25-16-7-8-18(24)15(3)9-16/h7-11,17H,4-6,12H2,1-3H3,(H,25,28)/t17-/m1/s1. The number of aryl methyl sites for hydroxylation is 3. The molecule has 1 heterocycles. The molecule has 0 unspecified atom stereocenters. The van der Waals surface area contributed by atoms with Crippen molar-refractivity contribution in [2.45, 2.75) is 40.0 Å². The van der Waals surface area contributed by atoms with E-state index >= 15 is 0 Å². The Balaban J connectivity index is 1.65. The van der Waals surface area contributed by atoms with Crippen LogP contribution in [-0.4, -0.2) is 24.1 Å². The van der Waals surface area contributed by atoms with Crippen LogP contribution >= 0.6 is 0 Å². The van der Waals surface area contributed by atoms with Crippen LogP contribution in [0.2, 0.25) is 0 Å². The van der Waals surface area contributed by atoms with Gasteiger partial charge in [0.25, 0.3) is 0 Å². The Morgan fingerprint density at radius 3 is 2.69 bits per heavy atom. The third-order valence-electron chi connectivity index (χ3n) is 5.78. The Kier molecular flexibility index (Phi) is 4.94. The molecular weight excluding hydrogens is 369 g/mol. The lowest BCUT2D eigenvalue weighted by Crippen LogP contribution is -2.42. The Bertz CT molecular complexity index is 1040. The van der Waals surface area contributed by atoms with Crippen LogP contribution in [0.25, 0.3) is 0 Å². The summed E-state index contributed by atoms with van der Waals surface area (Å²) in [5, 5.41) is 2.78. The summed E-state index contributed by atoms with van der Waals surface area (Å²) in [6.45, 7) is 5.54. The van der Waals surface area contributed by atoms with Gasteiger partial charge in [-0.05, 0) is 87.1 Å². The first kappa shape index (κ1) is 19.3. The number of halogens is 1. The van der Waals surface area contributed by atoms with Gasteiger partial charge in [0.05, 0.1) is 17.3 Å². The van der Waals surface area contributed by atoms with Gasteiger partial charge in [-0.2, -0.15) is 0 Å². The van der Waals surface area contributed by atoms with Crippen molar-refractivity contribution in [3.8, 4) is 0 Å². The molecule has 2 aromatic rings. The Morgan fingerprint density at radius 1 is 1.17 bits per heavy atom. The zero-order valence-electron chi connectivity index (χ0n) is 16.9. The number of carbonyl (C=O) groups is 2. The molecule has 1 fully saturated rings. The number of nitrogens with zero attached hydrogens (tertiary/aromatic N) is 2. The molecule has 1 aliphatic heterocycles. The molecular formula is C23H24FN3O2. The van der Waals surface area contributed by atoms with Crippen LogP contribution in [0.4, 0.5) is 21.5 Å². The van der Waals surface area contributed by atoms with Crippen LogP contribution in [0.5, 0.6) is 0 Å². The lowest BCUT2D eigenvalue weighted by atomic mass is 10.0. The molecule has 29 heavy (non-hydrogen) atoms. The molecule has 0 spiro atoms. The van der Waals surface area contributed by atoms with Crippen molar-refractivity contribution in [2.75, 3.05) is 16.8 Å². The number of anilines is 2. The summed E-state index contributed by atoms with van der Waals surface area (Å²) in [4.78, 5) is 32.4. The minimum atomic E-state index is -0.324. The minimum absolute atomic E-state index is 0.0753. The van der Waals surface area contributed by atoms with Crippen molar-refractivity contribution in [1.82, 2.24) is 0 Å². The number of rotatable bonds is 3. The SMILES string of the molecule is Cc1cc2c(cc1C)N(CC(=O)Nc1ccc(F)c(C)c1)C(=O)[C@@H]1CCCC1=N2. The number of aliphatic imine (C=N–C) groups is 1. The van der Waals surface area contributed by atoms with E-state index in [2.05, 4.69) is 5.32 Å². The first-order chi connectivity index (χ1) is 13.8. The molecule has 1 saturated carbocycles. The van der Waals surface area contributed by atoms with Gasteiger partial charge < -0.3 is 10.2 Å². The Labute approximate surface area is 169 Å². The molecule has 0 bridgehead atoms. The molecule has 150 valence electrons. The van der Waals surface area contributed by atoms with Crippen molar-refractivity contribution in [1.29, 1.82) is 0 Å². The fourth-order valence-corrected chi connectivity index (χ4v) is 4.01. The number of benzene rings is 2. The zero-order chi connectivity index (χ0) is 20.7. The molecule has 4 rings (SSSR count). The lowest BCUT2D eigenvalue weighted by molar-refractivity contribution is -0.122. The highest BCUT2D eigenvalue weighted by Gasteiger charge is 2.37. The van der Waals surface area contributed by atoms with Gasteiger partial charge in [0.15, 0.2) is 0 Å².